The van der Waals surface area contributed by atoms with Crippen LogP contribution in [-0.4, -0.2) is 17.5 Å². The third-order valence-electron chi connectivity index (χ3n) is 0.702. The largest absolute Gasteiger partial charge is 0.378 e. The van der Waals surface area contributed by atoms with E-state index >= 15 is 0 Å². The second kappa shape index (κ2) is 11.0. The van der Waals surface area contributed by atoms with Crippen molar-refractivity contribution < 1.29 is 9.90 Å². The van der Waals surface area contributed by atoms with Gasteiger partial charge in [0.05, 0.1) is 6.07 Å². The second-order valence-corrected chi connectivity index (χ2v) is 1.63. The predicted molar refractivity (Wildman–Crippen MR) is 38.3 cm³/mol. The summed E-state index contributed by atoms with van der Waals surface area (Å²) < 4.78 is 0. The van der Waals surface area contributed by atoms with Gasteiger partial charge in [0.1, 0.15) is 12.4 Å². The molecule has 0 spiro atoms. The zero-order chi connectivity index (χ0) is 8.41. The standard InChI is InChI=1S/C4H7NO.C3H6O/c1-2-4(6)3-5;1-2-3-4/h4,6H,2H2,1H3;3H,2H2,1H3. The smallest absolute Gasteiger partial charge is 0.140 e. The number of carbonyl (C=O) groups excluding carboxylic acids is 1. The number of carbonyl (C=O) groups is 1. The van der Waals surface area contributed by atoms with E-state index in [-0.39, 0.29) is 0 Å². The van der Waals surface area contributed by atoms with Crippen LogP contribution in [0.2, 0.25) is 0 Å². The van der Waals surface area contributed by atoms with E-state index in [1.165, 1.54) is 0 Å². The Morgan fingerprint density at radius 3 is 2.10 bits per heavy atom. The van der Waals surface area contributed by atoms with Gasteiger partial charge in [-0.15, -0.1) is 0 Å². The first-order chi connectivity index (χ1) is 4.72. The topological polar surface area (TPSA) is 61.1 Å². The van der Waals surface area contributed by atoms with Gasteiger partial charge >= 0.3 is 0 Å². The fraction of sp³-hybridized carbons (Fsp3) is 0.714. The monoisotopic (exact) mass is 143 g/mol. The van der Waals surface area contributed by atoms with Crippen molar-refractivity contribution in [2.24, 2.45) is 0 Å². The fourth-order valence-electron chi connectivity index (χ4n) is 0.0913. The first-order valence-electron chi connectivity index (χ1n) is 3.24. The van der Waals surface area contributed by atoms with Crippen LogP contribution in [0.5, 0.6) is 0 Å². The van der Waals surface area contributed by atoms with E-state index in [9.17, 15) is 4.79 Å². The summed E-state index contributed by atoms with van der Waals surface area (Å²) in [6.45, 7) is 3.57. The van der Waals surface area contributed by atoms with Gasteiger partial charge in [-0.25, -0.2) is 0 Å². The van der Waals surface area contributed by atoms with Crippen molar-refractivity contribution in [3.05, 3.63) is 0 Å². The molecule has 0 aliphatic heterocycles. The summed E-state index contributed by atoms with van der Waals surface area (Å²) in [5.74, 6) is 0. The summed E-state index contributed by atoms with van der Waals surface area (Å²) >= 11 is 0. The molecule has 58 valence electrons. The van der Waals surface area contributed by atoms with Crippen LogP contribution in [0.1, 0.15) is 26.7 Å². The second-order valence-electron chi connectivity index (χ2n) is 1.63. The molecule has 0 aliphatic rings. The third kappa shape index (κ3) is 15.7. The maximum atomic E-state index is 9.17. The molecule has 0 aliphatic carbocycles. The Balaban J connectivity index is 0. The SMILES string of the molecule is CCC(O)C#N.CCC=O. The third-order valence-corrected chi connectivity index (χ3v) is 0.702. The molecule has 0 saturated carbocycles. The summed E-state index contributed by atoms with van der Waals surface area (Å²) in [6, 6.07) is 1.67. The number of nitrogens with zero attached hydrogens (tertiary/aromatic N) is 1. The van der Waals surface area contributed by atoms with Gasteiger partial charge in [-0.3, -0.25) is 0 Å². The molecule has 3 heteroatoms. The molecule has 1 atom stereocenters. The van der Waals surface area contributed by atoms with Gasteiger partial charge in [0.25, 0.3) is 0 Å². The van der Waals surface area contributed by atoms with Crippen LogP contribution >= 0.6 is 0 Å². The molecular formula is C7H13NO2. The molecule has 0 fully saturated rings. The summed E-state index contributed by atoms with van der Waals surface area (Å²) in [4.78, 5) is 9.17. The Kier molecular flexibility index (Phi) is 13.0. The molecule has 3 nitrogen and oxygen atoms in total. The van der Waals surface area contributed by atoms with Crippen molar-refractivity contribution >= 4 is 6.29 Å². The van der Waals surface area contributed by atoms with E-state index in [1.54, 1.807) is 13.0 Å². The molecule has 0 aromatic heterocycles. The average molecular weight is 143 g/mol. The Morgan fingerprint density at radius 1 is 1.70 bits per heavy atom. The number of hydrogen-bond acceptors (Lipinski definition) is 3. The zero-order valence-corrected chi connectivity index (χ0v) is 6.37. The Morgan fingerprint density at radius 2 is 2.10 bits per heavy atom. The minimum Gasteiger partial charge on any atom is -0.378 e. The van der Waals surface area contributed by atoms with Gasteiger partial charge in [0.15, 0.2) is 0 Å². The van der Waals surface area contributed by atoms with Crippen LogP contribution in [0.3, 0.4) is 0 Å². The van der Waals surface area contributed by atoms with Gasteiger partial charge in [0, 0.05) is 6.42 Å². The van der Waals surface area contributed by atoms with Crippen molar-refractivity contribution in [1.29, 1.82) is 5.26 Å². The molecule has 0 aromatic rings. The number of nitriles is 1. The minimum atomic E-state index is -0.759. The van der Waals surface area contributed by atoms with E-state index in [2.05, 4.69) is 0 Å². The van der Waals surface area contributed by atoms with Crippen LogP contribution in [0.15, 0.2) is 0 Å². The van der Waals surface area contributed by atoms with Crippen LogP contribution in [0, 0.1) is 11.3 Å². The maximum Gasteiger partial charge on any atom is 0.140 e. The van der Waals surface area contributed by atoms with E-state index in [4.69, 9.17) is 10.4 Å². The molecule has 0 rings (SSSR count). The van der Waals surface area contributed by atoms with Gasteiger partial charge in [0.2, 0.25) is 0 Å². The molecule has 0 bridgehead atoms. The van der Waals surface area contributed by atoms with Crippen LogP contribution in [-0.2, 0) is 4.79 Å². The molecule has 0 radical (unpaired) electrons. The van der Waals surface area contributed by atoms with Gasteiger partial charge in [-0.1, -0.05) is 13.8 Å². The lowest BCUT2D eigenvalue weighted by Crippen LogP contribution is -1.97. The molecule has 0 aromatic carbocycles. The van der Waals surface area contributed by atoms with E-state index < -0.39 is 6.10 Å². The van der Waals surface area contributed by atoms with Crippen LogP contribution in [0.25, 0.3) is 0 Å². The van der Waals surface area contributed by atoms with Crippen LogP contribution in [0.4, 0.5) is 0 Å². The molecule has 10 heavy (non-hydrogen) atoms. The molecular weight excluding hydrogens is 130 g/mol. The number of aldehydes is 1. The zero-order valence-electron chi connectivity index (χ0n) is 6.37. The van der Waals surface area contributed by atoms with Crippen molar-refractivity contribution in [3.63, 3.8) is 0 Å². The van der Waals surface area contributed by atoms with E-state index in [0.29, 0.717) is 12.8 Å². The van der Waals surface area contributed by atoms with Gasteiger partial charge in [-0.2, -0.15) is 5.26 Å². The number of aliphatic hydroxyl groups excluding tert-OH is 1. The molecule has 0 saturated heterocycles. The summed E-state index contributed by atoms with van der Waals surface area (Å²) in [5.41, 5.74) is 0. The lowest BCUT2D eigenvalue weighted by Gasteiger charge is -1.87. The average Bonchev–Trinajstić information content (AvgIpc) is 2.03. The van der Waals surface area contributed by atoms with E-state index in [1.807, 2.05) is 6.92 Å². The predicted octanol–water partition coefficient (Wildman–Crippen LogP) is 0.876. The van der Waals surface area contributed by atoms with E-state index in [0.717, 1.165) is 6.29 Å². The van der Waals surface area contributed by atoms with Gasteiger partial charge in [-0.05, 0) is 6.42 Å². The Labute approximate surface area is 61.3 Å². The van der Waals surface area contributed by atoms with Crippen LogP contribution < -0.4 is 0 Å². The van der Waals surface area contributed by atoms with Crippen molar-refractivity contribution in [1.82, 2.24) is 0 Å². The van der Waals surface area contributed by atoms with Crippen molar-refractivity contribution in [2.45, 2.75) is 32.8 Å². The Hall–Kier alpha value is -0.880. The first kappa shape index (κ1) is 11.9. The quantitative estimate of drug-likeness (QED) is 0.461. The fourth-order valence-corrected chi connectivity index (χ4v) is 0.0913. The Bertz CT molecular complexity index is 107. The summed E-state index contributed by atoms with van der Waals surface area (Å²) in [5, 5.41) is 16.1. The number of aliphatic hydroxyl groups is 1. The number of hydrogen-bond donors (Lipinski definition) is 1. The lowest BCUT2D eigenvalue weighted by molar-refractivity contribution is -0.107. The molecule has 0 heterocycles. The summed E-state index contributed by atoms with van der Waals surface area (Å²) in [6.07, 6.45) is 1.28. The highest BCUT2D eigenvalue weighted by atomic mass is 16.3. The normalized spacial score (nSPS) is 10.2. The number of rotatable bonds is 2. The molecule has 1 N–H and O–H groups in total. The van der Waals surface area contributed by atoms with Crippen molar-refractivity contribution in [3.8, 4) is 6.07 Å². The first-order valence-corrected chi connectivity index (χ1v) is 3.24. The van der Waals surface area contributed by atoms with Crippen molar-refractivity contribution in [2.75, 3.05) is 0 Å². The highest BCUT2D eigenvalue weighted by Crippen LogP contribution is 1.82. The minimum absolute atomic E-state index is 0.524. The highest BCUT2D eigenvalue weighted by Gasteiger charge is 1.90. The maximum absolute atomic E-state index is 9.17. The highest BCUT2D eigenvalue weighted by molar-refractivity contribution is 5.48. The summed E-state index contributed by atoms with van der Waals surface area (Å²) in [7, 11) is 0. The van der Waals surface area contributed by atoms with Gasteiger partial charge < -0.3 is 9.90 Å². The lowest BCUT2D eigenvalue weighted by atomic mass is 10.3. The molecule has 1 unspecified atom stereocenters. The molecule has 0 amide bonds.